The fourth-order valence-corrected chi connectivity index (χ4v) is 4.93. The lowest BCUT2D eigenvalue weighted by Gasteiger charge is -2.28. The maximum absolute atomic E-state index is 13.5. The van der Waals surface area contributed by atoms with E-state index in [4.69, 9.17) is 23.2 Å². The smallest absolute Gasteiger partial charge is 0.254 e. The van der Waals surface area contributed by atoms with Crippen molar-refractivity contribution in [2.75, 3.05) is 18.0 Å². The highest BCUT2D eigenvalue weighted by atomic mass is 35.5. The van der Waals surface area contributed by atoms with Crippen molar-refractivity contribution in [2.24, 2.45) is 5.92 Å². The molecule has 1 fully saturated rings. The number of anilines is 1. The van der Waals surface area contributed by atoms with Gasteiger partial charge in [0.05, 0.1) is 0 Å². The zero-order chi connectivity index (χ0) is 22.5. The fraction of sp³-hybridized carbons (Fsp3) is 0.462. The average molecular weight is 473 g/mol. The summed E-state index contributed by atoms with van der Waals surface area (Å²) in [6.07, 6.45) is 8.45. The number of halogens is 2. The molecule has 4 nitrogen and oxygen atoms in total. The molecule has 4 rings (SSSR count). The van der Waals surface area contributed by atoms with Crippen molar-refractivity contribution in [1.82, 2.24) is 4.90 Å². The molecule has 0 aromatic heterocycles. The van der Waals surface area contributed by atoms with Gasteiger partial charge in [0.1, 0.15) is 0 Å². The molecule has 0 radical (unpaired) electrons. The van der Waals surface area contributed by atoms with Crippen molar-refractivity contribution < 1.29 is 9.59 Å². The number of fused-ring (bicyclic) bond motifs is 1. The van der Waals surface area contributed by atoms with Crippen LogP contribution in [-0.2, 0) is 11.3 Å². The Hall–Kier alpha value is -2.04. The summed E-state index contributed by atoms with van der Waals surface area (Å²) in [6, 6.07) is 13.0. The Morgan fingerprint density at radius 2 is 1.44 bits per heavy atom. The summed E-state index contributed by atoms with van der Waals surface area (Å²) in [7, 11) is 0. The van der Waals surface area contributed by atoms with Crippen LogP contribution in [0.2, 0.25) is 10.0 Å². The first-order valence-corrected chi connectivity index (χ1v) is 12.4. The highest BCUT2D eigenvalue weighted by Crippen LogP contribution is 2.34. The number of rotatable bonds is 2. The van der Waals surface area contributed by atoms with Gasteiger partial charge in [0, 0.05) is 46.8 Å². The molecule has 2 amide bonds. The molecule has 1 saturated carbocycles. The van der Waals surface area contributed by atoms with Crippen molar-refractivity contribution in [3.63, 3.8) is 0 Å². The summed E-state index contributed by atoms with van der Waals surface area (Å²) in [5.41, 5.74) is 2.43. The van der Waals surface area contributed by atoms with Crippen molar-refractivity contribution in [1.29, 1.82) is 0 Å². The first-order valence-electron chi connectivity index (χ1n) is 11.7. The summed E-state index contributed by atoms with van der Waals surface area (Å²) in [5.74, 6) is 0.302. The molecule has 6 heteroatoms. The van der Waals surface area contributed by atoms with Crippen molar-refractivity contribution in [3.8, 4) is 0 Å². The highest BCUT2D eigenvalue weighted by Gasteiger charge is 2.34. The summed E-state index contributed by atoms with van der Waals surface area (Å²) >= 11 is 12.3. The molecule has 32 heavy (non-hydrogen) atoms. The normalized spacial score (nSPS) is 18.2. The molecule has 2 aliphatic rings. The molecule has 2 aromatic carbocycles. The van der Waals surface area contributed by atoms with Crippen LogP contribution in [0.1, 0.15) is 67.3 Å². The van der Waals surface area contributed by atoms with E-state index in [0.29, 0.717) is 28.7 Å². The van der Waals surface area contributed by atoms with Gasteiger partial charge >= 0.3 is 0 Å². The topological polar surface area (TPSA) is 40.6 Å². The Bertz CT molecular complexity index is 954. The monoisotopic (exact) mass is 472 g/mol. The Morgan fingerprint density at radius 3 is 2.12 bits per heavy atom. The van der Waals surface area contributed by atoms with Crippen LogP contribution in [-0.4, -0.2) is 29.8 Å². The quantitative estimate of drug-likeness (QED) is 0.485. The van der Waals surface area contributed by atoms with Crippen LogP contribution in [0, 0.1) is 5.92 Å². The molecule has 1 aliphatic carbocycles. The zero-order valence-electron chi connectivity index (χ0n) is 18.4. The summed E-state index contributed by atoms with van der Waals surface area (Å²) in [6.45, 7) is 1.85. The molecule has 0 saturated heterocycles. The Kier molecular flexibility index (Phi) is 7.75. The van der Waals surface area contributed by atoms with E-state index in [1.54, 1.807) is 18.2 Å². The third-order valence-electron chi connectivity index (χ3n) is 6.29. The second kappa shape index (κ2) is 10.7. The fourth-order valence-electron chi connectivity index (χ4n) is 4.41. The van der Waals surface area contributed by atoms with E-state index in [9.17, 15) is 9.59 Å². The molecular formula is C26H30Cl2N2O2. The molecule has 0 unspecified atom stereocenters. The predicted octanol–water partition coefficient (Wildman–Crippen LogP) is 6.73. The van der Waals surface area contributed by atoms with Gasteiger partial charge in [0.2, 0.25) is 5.91 Å². The van der Waals surface area contributed by atoms with Gasteiger partial charge in [0.15, 0.2) is 0 Å². The summed E-state index contributed by atoms with van der Waals surface area (Å²) in [5, 5.41) is 0.904. The minimum atomic E-state index is -0.0841. The lowest BCUT2D eigenvalue weighted by Crippen LogP contribution is -2.36. The van der Waals surface area contributed by atoms with E-state index in [1.807, 2.05) is 34.1 Å². The molecule has 0 spiro atoms. The zero-order valence-corrected chi connectivity index (χ0v) is 19.9. The van der Waals surface area contributed by atoms with E-state index in [-0.39, 0.29) is 17.7 Å². The van der Waals surface area contributed by atoms with Crippen LogP contribution in [0.5, 0.6) is 0 Å². The molecule has 0 N–H and O–H groups in total. The van der Waals surface area contributed by atoms with E-state index < -0.39 is 0 Å². The third-order valence-corrected chi connectivity index (χ3v) is 6.73. The second-order valence-electron chi connectivity index (χ2n) is 8.90. The van der Waals surface area contributed by atoms with Crippen LogP contribution < -0.4 is 4.90 Å². The minimum Gasteiger partial charge on any atom is -0.334 e. The second-order valence-corrected chi connectivity index (χ2v) is 9.77. The van der Waals surface area contributed by atoms with Gasteiger partial charge in [0.25, 0.3) is 5.91 Å². The summed E-state index contributed by atoms with van der Waals surface area (Å²) in [4.78, 5) is 30.4. The molecule has 170 valence electrons. The van der Waals surface area contributed by atoms with Crippen molar-refractivity contribution in [3.05, 3.63) is 63.6 Å². The standard InChI is InChI=1S/C26H30Cl2N2O2/c27-22-15-21(16-23(28)17-22)25(31)29-13-7-3-1-2-4-8-14-30(26(32)19-11-12-19)24-10-6-5-9-20(24)18-29/h5-6,9-10,15-17,19H,1-4,7-8,11-14,18H2. The summed E-state index contributed by atoms with van der Waals surface area (Å²) < 4.78 is 0. The van der Waals surface area contributed by atoms with Gasteiger partial charge in [-0.05, 0) is 55.5 Å². The van der Waals surface area contributed by atoms with E-state index in [2.05, 4.69) is 0 Å². The SMILES string of the molecule is O=C(c1cc(Cl)cc(Cl)c1)N1CCCCCCCCN(C(=O)C2CC2)c2ccccc2C1. The van der Waals surface area contributed by atoms with Crippen molar-refractivity contribution >= 4 is 40.7 Å². The van der Waals surface area contributed by atoms with Crippen LogP contribution in [0.3, 0.4) is 0 Å². The number of carbonyl (C=O) groups is 2. The maximum atomic E-state index is 13.5. The molecule has 1 heterocycles. The Labute approximate surface area is 200 Å². The lowest BCUT2D eigenvalue weighted by molar-refractivity contribution is -0.119. The average Bonchev–Trinajstić information content (AvgIpc) is 3.61. The lowest BCUT2D eigenvalue weighted by atomic mass is 10.1. The van der Waals surface area contributed by atoms with Crippen LogP contribution in [0.15, 0.2) is 42.5 Å². The molecule has 0 bridgehead atoms. The molecular weight excluding hydrogens is 443 g/mol. The minimum absolute atomic E-state index is 0.0841. The van der Waals surface area contributed by atoms with E-state index in [0.717, 1.165) is 69.2 Å². The Morgan fingerprint density at radius 1 is 0.812 bits per heavy atom. The van der Waals surface area contributed by atoms with Gasteiger partial charge in [-0.15, -0.1) is 0 Å². The van der Waals surface area contributed by atoms with Gasteiger partial charge < -0.3 is 9.80 Å². The van der Waals surface area contributed by atoms with Gasteiger partial charge in [-0.2, -0.15) is 0 Å². The van der Waals surface area contributed by atoms with Gasteiger partial charge in [-0.25, -0.2) is 0 Å². The van der Waals surface area contributed by atoms with Crippen LogP contribution in [0.25, 0.3) is 0 Å². The molecule has 2 aromatic rings. The van der Waals surface area contributed by atoms with Gasteiger partial charge in [-0.3, -0.25) is 9.59 Å². The Balaban J connectivity index is 1.66. The number of para-hydroxylation sites is 1. The van der Waals surface area contributed by atoms with Gasteiger partial charge in [-0.1, -0.05) is 67.1 Å². The number of amides is 2. The van der Waals surface area contributed by atoms with Crippen LogP contribution in [0.4, 0.5) is 5.69 Å². The van der Waals surface area contributed by atoms with Crippen molar-refractivity contribution in [2.45, 2.75) is 57.9 Å². The predicted molar refractivity (Wildman–Crippen MR) is 130 cm³/mol. The number of hydrogen-bond donors (Lipinski definition) is 0. The van der Waals surface area contributed by atoms with E-state index in [1.165, 1.54) is 0 Å². The van der Waals surface area contributed by atoms with E-state index >= 15 is 0 Å². The van der Waals surface area contributed by atoms with Crippen LogP contribution >= 0.6 is 23.2 Å². The molecule has 1 aliphatic heterocycles. The third kappa shape index (κ3) is 5.85. The first kappa shape index (κ1) is 23.1. The number of benzene rings is 2. The first-order chi connectivity index (χ1) is 15.5. The molecule has 0 atom stereocenters. The number of nitrogens with zero attached hydrogens (tertiary/aromatic N) is 2. The highest BCUT2D eigenvalue weighted by molar-refractivity contribution is 6.35. The number of hydrogen-bond acceptors (Lipinski definition) is 2. The largest absolute Gasteiger partial charge is 0.334 e. The number of carbonyl (C=O) groups excluding carboxylic acids is 2. The maximum Gasteiger partial charge on any atom is 0.254 e.